The lowest BCUT2D eigenvalue weighted by atomic mass is 10.2. The Kier molecular flexibility index (Phi) is 6.08. The number of hydrogen-bond acceptors (Lipinski definition) is 4. The molecule has 0 aliphatic carbocycles. The number of hydrogen-bond donors (Lipinski definition) is 1. The van der Waals surface area contributed by atoms with Crippen LogP contribution in [0, 0.1) is 0 Å². The van der Waals surface area contributed by atoms with Gasteiger partial charge >= 0.3 is 0 Å². The molecule has 4 nitrogen and oxygen atoms in total. The molecule has 0 spiro atoms. The highest BCUT2D eigenvalue weighted by Crippen LogP contribution is 2.22. The summed E-state index contributed by atoms with van der Waals surface area (Å²) in [4.78, 5) is 16.5. The van der Waals surface area contributed by atoms with Gasteiger partial charge < -0.3 is 15.1 Å². The number of carbonyl (C=O) groups excluding carboxylic acids is 1. The fraction of sp³-hybridized carbons (Fsp3) is 0.500. The van der Waals surface area contributed by atoms with Crippen LogP contribution in [0.2, 0.25) is 0 Å². The molecule has 1 N–H and O–H groups in total. The number of thioether (sulfide) groups is 1. The second-order valence-electron chi connectivity index (χ2n) is 5.65. The molecule has 1 saturated heterocycles. The van der Waals surface area contributed by atoms with Gasteiger partial charge in [-0.25, -0.2) is 0 Å². The highest BCUT2D eigenvalue weighted by molar-refractivity contribution is 8.23. The minimum atomic E-state index is -0.193. The van der Waals surface area contributed by atoms with Crippen LogP contribution in [0.1, 0.15) is 19.8 Å². The number of anilines is 2. The molecule has 1 amide bonds. The van der Waals surface area contributed by atoms with Crippen molar-refractivity contribution in [2.24, 2.45) is 0 Å². The summed E-state index contributed by atoms with van der Waals surface area (Å²) in [6, 6.07) is 7.82. The Hall–Kier alpha value is -1.27. The van der Waals surface area contributed by atoms with Gasteiger partial charge in [-0.3, -0.25) is 4.79 Å². The standard InChI is InChI=1S/C16H23N3OS2/c1-12(22-16(21)19-10-4-5-11-19)15(20)17-13-6-8-14(9-7-13)18(2)3/h6-9,12H,4-5,10-11H2,1-3H3,(H,17,20). The summed E-state index contributed by atoms with van der Waals surface area (Å²) in [5.41, 5.74) is 1.92. The number of rotatable bonds is 4. The van der Waals surface area contributed by atoms with E-state index < -0.39 is 0 Å². The Balaban J connectivity index is 1.86. The SMILES string of the molecule is CC(SC(=S)N1CCCC1)C(=O)Nc1ccc(N(C)C)cc1. The minimum Gasteiger partial charge on any atom is -0.378 e. The number of thiocarbonyl (C=S) groups is 1. The number of nitrogens with one attached hydrogen (secondary N) is 1. The van der Waals surface area contributed by atoms with Crippen LogP contribution in [-0.4, -0.2) is 47.6 Å². The summed E-state index contributed by atoms with van der Waals surface area (Å²) >= 11 is 6.89. The molecule has 6 heteroatoms. The van der Waals surface area contributed by atoms with Gasteiger partial charge in [0.15, 0.2) is 0 Å². The average Bonchev–Trinajstić information content (AvgIpc) is 3.02. The first kappa shape index (κ1) is 17.1. The van der Waals surface area contributed by atoms with Crippen molar-refractivity contribution in [3.63, 3.8) is 0 Å². The van der Waals surface area contributed by atoms with Crippen molar-refractivity contribution < 1.29 is 4.79 Å². The fourth-order valence-electron chi connectivity index (χ4n) is 2.27. The maximum Gasteiger partial charge on any atom is 0.237 e. The van der Waals surface area contributed by atoms with Crippen LogP contribution in [0.5, 0.6) is 0 Å². The van der Waals surface area contributed by atoms with E-state index in [0.717, 1.165) is 28.8 Å². The zero-order chi connectivity index (χ0) is 16.1. The normalized spacial score (nSPS) is 15.5. The van der Waals surface area contributed by atoms with Gasteiger partial charge in [-0.1, -0.05) is 24.0 Å². The molecule has 0 bridgehead atoms. The summed E-state index contributed by atoms with van der Waals surface area (Å²) in [5.74, 6) is -0.0100. The van der Waals surface area contributed by atoms with E-state index in [4.69, 9.17) is 12.2 Å². The number of carbonyl (C=O) groups is 1. The molecular formula is C16H23N3OS2. The number of benzene rings is 1. The molecule has 1 aliphatic heterocycles. The lowest BCUT2D eigenvalue weighted by Gasteiger charge is -2.20. The maximum atomic E-state index is 12.3. The molecule has 1 aliphatic rings. The second-order valence-corrected chi connectivity index (χ2v) is 7.63. The van der Waals surface area contributed by atoms with Crippen molar-refractivity contribution in [3.8, 4) is 0 Å². The summed E-state index contributed by atoms with van der Waals surface area (Å²) < 4.78 is 0.836. The lowest BCUT2D eigenvalue weighted by molar-refractivity contribution is -0.115. The molecule has 1 unspecified atom stereocenters. The molecule has 22 heavy (non-hydrogen) atoms. The Bertz CT molecular complexity index is 525. The van der Waals surface area contributed by atoms with Gasteiger partial charge in [0, 0.05) is 38.6 Å². The van der Waals surface area contributed by atoms with Crippen LogP contribution >= 0.6 is 24.0 Å². The van der Waals surface area contributed by atoms with Gasteiger partial charge in [0.05, 0.1) is 5.25 Å². The smallest absolute Gasteiger partial charge is 0.237 e. The highest BCUT2D eigenvalue weighted by Gasteiger charge is 2.21. The first-order valence-electron chi connectivity index (χ1n) is 7.51. The van der Waals surface area contributed by atoms with E-state index >= 15 is 0 Å². The largest absolute Gasteiger partial charge is 0.378 e. The number of nitrogens with zero attached hydrogens (tertiary/aromatic N) is 2. The van der Waals surface area contributed by atoms with Crippen molar-refractivity contribution in [3.05, 3.63) is 24.3 Å². The quantitative estimate of drug-likeness (QED) is 0.854. The van der Waals surface area contributed by atoms with Crippen molar-refractivity contribution in [1.29, 1.82) is 0 Å². The van der Waals surface area contributed by atoms with Crippen LogP contribution in [0.15, 0.2) is 24.3 Å². The third-order valence-electron chi connectivity index (χ3n) is 3.66. The van der Waals surface area contributed by atoms with Crippen molar-refractivity contribution >= 4 is 45.6 Å². The molecular weight excluding hydrogens is 314 g/mol. The molecule has 1 atom stereocenters. The van der Waals surface area contributed by atoms with Crippen molar-refractivity contribution in [2.75, 3.05) is 37.4 Å². The van der Waals surface area contributed by atoms with Gasteiger partial charge in [0.2, 0.25) is 5.91 Å². The average molecular weight is 338 g/mol. The van der Waals surface area contributed by atoms with E-state index in [1.165, 1.54) is 24.6 Å². The summed E-state index contributed by atoms with van der Waals surface area (Å²) in [6.07, 6.45) is 2.39. The Morgan fingerprint density at radius 1 is 1.27 bits per heavy atom. The maximum absolute atomic E-state index is 12.3. The number of amides is 1. The molecule has 1 aromatic carbocycles. The number of likely N-dealkylation sites (tertiary alicyclic amines) is 1. The predicted molar refractivity (Wildman–Crippen MR) is 99.9 cm³/mol. The van der Waals surface area contributed by atoms with E-state index in [-0.39, 0.29) is 11.2 Å². The third kappa shape index (κ3) is 4.61. The monoisotopic (exact) mass is 337 g/mol. The molecule has 0 aromatic heterocycles. The Labute approximate surface area is 142 Å². The Morgan fingerprint density at radius 3 is 2.41 bits per heavy atom. The molecule has 1 aromatic rings. The first-order chi connectivity index (χ1) is 10.5. The highest BCUT2D eigenvalue weighted by atomic mass is 32.2. The van der Waals surface area contributed by atoms with E-state index in [1.54, 1.807) is 0 Å². The van der Waals surface area contributed by atoms with Crippen LogP contribution in [0.3, 0.4) is 0 Å². The fourth-order valence-corrected chi connectivity index (χ4v) is 3.68. The van der Waals surface area contributed by atoms with E-state index in [0.29, 0.717) is 0 Å². The minimum absolute atomic E-state index is 0.0100. The van der Waals surface area contributed by atoms with Crippen molar-refractivity contribution in [2.45, 2.75) is 25.0 Å². The van der Waals surface area contributed by atoms with Crippen molar-refractivity contribution in [1.82, 2.24) is 4.90 Å². The van der Waals surface area contributed by atoms with Gasteiger partial charge in [-0.2, -0.15) is 0 Å². The molecule has 1 heterocycles. The lowest BCUT2D eigenvalue weighted by Crippen LogP contribution is -2.29. The van der Waals surface area contributed by atoms with Gasteiger partial charge in [-0.15, -0.1) is 0 Å². The van der Waals surface area contributed by atoms with Crippen LogP contribution in [0.25, 0.3) is 0 Å². The Morgan fingerprint density at radius 2 is 1.86 bits per heavy atom. The summed E-state index contributed by atoms with van der Waals surface area (Å²) in [7, 11) is 3.98. The molecule has 0 saturated carbocycles. The van der Waals surface area contributed by atoms with Crippen LogP contribution < -0.4 is 10.2 Å². The molecule has 2 rings (SSSR count). The van der Waals surface area contributed by atoms with E-state index in [1.807, 2.05) is 50.2 Å². The molecule has 120 valence electrons. The zero-order valence-electron chi connectivity index (χ0n) is 13.3. The molecule has 1 fully saturated rings. The predicted octanol–water partition coefficient (Wildman–Crippen LogP) is 3.19. The van der Waals surface area contributed by atoms with Gasteiger partial charge in [0.25, 0.3) is 0 Å². The second kappa shape index (κ2) is 7.83. The van der Waals surface area contributed by atoms with E-state index in [9.17, 15) is 4.79 Å². The summed E-state index contributed by atoms with van der Waals surface area (Å²) in [5, 5.41) is 2.75. The topological polar surface area (TPSA) is 35.6 Å². The van der Waals surface area contributed by atoms with Gasteiger partial charge in [0.1, 0.15) is 4.32 Å². The van der Waals surface area contributed by atoms with Crippen LogP contribution in [0.4, 0.5) is 11.4 Å². The first-order valence-corrected chi connectivity index (χ1v) is 8.80. The van der Waals surface area contributed by atoms with Gasteiger partial charge in [-0.05, 0) is 44.0 Å². The van der Waals surface area contributed by atoms with Crippen LogP contribution in [-0.2, 0) is 4.79 Å². The molecule has 0 radical (unpaired) electrons. The summed E-state index contributed by atoms with van der Waals surface area (Å²) in [6.45, 7) is 3.94. The van der Waals surface area contributed by atoms with E-state index in [2.05, 4.69) is 10.2 Å². The third-order valence-corrected chi connectivity index (χ3v) is 5.24. The zero-order valence-corrected chi connectivity index (χ0v) is 15.0.